The molecule has 6 nitrogen and oxygen atoms in total. The number of hydrogen-bond donors (Lipinski definition) is 0. The van der Waals surface area contributed by atoms with E-state index in [4.69, 9.17) is 11.0 Å². The zero-order chi connectivity index (χ0) is 30.2. The SMILES string of the molecule is [C-]#[N+]c1ccc2c(c1)c1ccc3oc4ccccc4c3c1n2-c1cccc(-n2c3ccc(C#N)cc3c3cc(C#N)ccc32)c1. The molecule has 0 aliphatic rings. The third kappa shape index (κ3) is 3.41. The van der Waals surface area contributed by atoms with E-state index in [0.29, 0.717) is 16.8 Å². The van der Waals surface area contributed by atoms with Gasteiger partial charge in [0.1, 0.15) is 11.2 Å². The highest BCUT2D eigenvalue weighted by molar-refractivity contribution is 6.24. The molecule has 0 bridgehead atoms. The highest BCUT2D eigenvalue weighted by Crippen LogP contribution is 2.42. The summed E-state index contributed by atoms with van der Waals surface area (Å²) >= 11 is 0. The van der Waals surface area contributed by atoms with Gasteiger partial charge in [0, 0.05) is 32.9 Å². The monoisotopic (exact) mass is 573 g/mol. The van der Waals surface area contributed by atoms with Crippen LogP contribution in [0, 0.1) is 29.2 Å². The summed E-state index contributed by atoms with van der Waals surface area (Å²) in [6.07, 6.45) is 0. The lowest BCUT2D eigenvalue weighted by Crippen LogP contribution is -1.99. The maximum Gasteiger partial charge on any atom is 0.188 e. The van der Waals surface area contributed by atoms with Crippen LogP contribution < -0.4 is 0 Å². The van der Waals surface area contributed by atoms with Gasteiger partial charge in [0.15, 0.2) is 5.69 Å². The predicted octanol–water partition coefficient (Wildman–Crippen LogP) is 10.1. The Kier molecular flexibility index (Phi) is 5.00. The molecule has 3 aromatic heterocycles. The van der Waals surface area contributed by atoms with Gasteiger partial charge in [0.05, 0.1) is 57.3 Å². The predicted molar refractivity (Wildman–Crippen MR) is 178 cm³/mol. The van der Waals surface area contributed by atoms with Gasteiger partial charge in [-0.2, -0.15) is 10.5 Å². The Balaban J connectivity index is 1.40. The fourth-order valence-electron chi connectivity index (χ4n) is 6.85. The number of nitrogens with zero attached hydrogens (tertiary/aromatic N) is 5. The minimum absolute atomic E-state index is 0.568. The second-order valence-corrected chi connectivity index (χ2v) is 11.1. The number of nitriles is 2. The fraction of sp³-hybridized carbons (Fsp3) is 0. The zero-order valence-electron chi connectivity index (χ0n) is 23.6. The van der Waals surface area contributed by atoms with Crippen molar-refractivity contribution in [3.05, 3.63) is 138 Å². The Hall–Kier alpha value is -6.81. The lowest BCUT2D eigenvalue weighted by Gasteiger charge is -2.13. The summed E-state index contributed by atoms with van der Waals surface area (Å²) in [6.45, 7) is 7.67. The van der Waals surface area contributed by atoms with E-state index in [-0.39, 0.29) is 0 Å². The van der Waals surface area contributed by atoms with Crippen LogP contribution in [-0.4, -0.2) is 9.13 Å². The summed E-state index contributed by atoms with van der Waals surface area (Å²) < 4.78 is 10.7. The third-order valence-corrected chi connectivity index (χ3v) is 8.75. The van der Waals surface area contributed by atoms with E-state index >= 15 is 0 Å². The van der Waals surface area contributed by atoms with E-state index in [2.05, 4.69) is 62.5 Å². The van der Waals surface area contributed by atoms with Crippen LogP contribution in [0.2, 0.25) is 0 Å². The molecular formula is C39H19N5O. The van der Waals surface area contributed by atoms with Crippen molar-refractivity contribution < 1.29 is 4.42 Å². The number of benzene rings is 6. The van der Waals surface area contributed by atoms with Crippen LogP contribution in [0.5, 0.6) is 0 Å². The Labute approximate surface area is 256 Å². The average molecular weight is 574 g/mol. The molecule has 6 heteroatoms. The Bertz CT molecular complexity index is 2790. The highest BCUT2D eigenvalue weighted by Gasteiger charge is 2.20. The smallest absolute Gasteiger partial charge is 0.188 e. The topological polar surface area (TPSA) is 74.9 Å². The second-order valence-electron chi connectivity index (χ2n) is 11.1. The minimum Gasteiger partial charge on any atom is -0.456 e. The van der Waals surface area contributed by atoms with Gasteiger partial charge in [-0.15, -0.1) is 0 Å². The van der Waals surface area contributed by atoms with Crippen molar-refractivity contribution in [3.8, 4) is 23.5 Å². The summed E-state index contributed by atoms with van der Waals surface area (Å²) in [7, 11) is 0. The largest absolute Gasteiger partial charge is 0.456 e. The first-order chi connectivity index (χ1) is 22.2. The van der Waals surface area contributed by atoms with Gasteiger partial charge in [-0.3, -0.25) is 0 Å². The van der Waals surface area contributed by atoms with E-state index in [1.54, 1.807) is 0 Å². The molecule has 0 aliphatic carbocycles. The molecule has 0 saturated heterocycles. The number of para-hydroxylation sites is 1. The summed E-state index contributed by atoms with van der Waals surface area (Å²) in [4.78, 5) is 3.72. The number of furan rings is 1. The molecule has 9 aromatic rings. The van der Waals surface area contributed by atoms with E-state index in [0.717, 1.165) is 76.9 Å². The van der Waals surface area contributed by atoms with Crippen molar-refractivity contribution in [2.24, 2.45) is 0 Å². The summed E-state index contributed by atoms with van der Waals surface area (Å²) in [5.74, 6) is 0. The van der Waals surface area contributed by atoms with Crippen LogP contribution in [0.4, 0.5) is 5.69 Å². The van der Waals surface area contributed by atoms with Gasteiger partial charge in [-0.25, -0.2) is 4.85 Å². The fourth-order valence-corrected chi connectivity index (χ4v) is 6.85. The number of fused-ring (bicyclic) bond motifs is 10. The number of hydrogen-bond acceptors (Lipinski definition) is 3. The van der Waals surface area contributed by atoms with E-state index < -0.39 is 0 Å². The van der Waals surface area contributed by atoms with Crippen molar-refractivity contribution in [1.29, 1.82) is 10.5 Å². The zero-order valence-corrected chi connectivity index (χ0v) is 23.6. The van der Waals surface area contributed by atoms with Gasteiger partial charge in [0.25, 0.3) is 0 Å². The average Bonchev–Trinajstić information content (AvgIpc) is 3.74. The van der Waals surface area contributed by atoms with Crippen molar-refractivity contribution >= 4 is 71.2 Å². The molecule has 0 radical (unpaired) electrons. The molecule has 45 heavy (non-hydrogen) atoms. The van der Waals surface area contributed by atoms with Crippen LogP contribution in [0.1, 0.15) is 11.1 Å². The van der Waals surface area contributed by atoms with Crippen LogP contribution in [-0.2, 0) is 0 Å². The van der Waals surface area contributed by atoms with E-state index in [1.165, 1.54) is 0 Å². The van der Waals surface area contributed by atoms with Crippen LogP contribution in [0.25, 0.3) is 81.8 Å². The standard InChI is InChI=1S/C39H19N5O/c1-42-25-11-15-35-32(19-25)28-12-16-37-38(29-7-2-3-8-36(29)45-37)39(28)44(35)27-6-4-5-26(20-27)43-33-13-9-23(21-40)17-30(33)31-18-24(22-41)10-14-34(31)43/h2-20H. The molecule has 0 spiro atoms. The van der Waals surface area contributed by atoms with Crippen molar-refractivity contribution in [2.45, 2.75) is 0 Å². The van der Waals surface area contributed by atoms with Gasteiger partial charge in [-0.05, 0) is 90.3 Å². The van der Waals surface area contributed by atoms with Gasteiger partial charge in [-0.1, -0.05) is 30.3 Å². The van der Waals surface area contributed by atoms with E-state index in [1.807, 2.05) is 78.9 Å². The Morgan fingerprint density at radius 1 is 0.556 bits per heavy atom. The van der Waals surface area contributed by atoms with Crippen LogP contribution in [0.15, 0.2) is 120 Å². The van der Waals surface area contributed by atoms with Crippen LogP contribution in [0.3, 0.4) is 0 Å². The molecule has 3 heterocycles. The maximum atomic E-state index is 9.63. The van der Waals surface area contributed by atoms with Gasteiger partial charge < -0.3 is 13.6 Å². The molecule has 0 fully saturated rings. The molecule has 0 atom stereocenters. The van der Waals surface area contributed by atoms with Crippen molar-refractivity contribution in [2.75, 3.05) is 0 Å². The van der Waals surface area contributed by atoms with Crippen LogP contribution >= 0.6 is 0 Å². The normalized spacial score (nSPS) is 11.5. The summed E-state index contributed by atoms with van der Waals surface area (Å²) in [5.41, 5.74) is 9.16. The van der Waals surface area contributed by atoms with Gasteiger partial charge >= 0.3 is 0 Å². The molecule has 0 aliphatic heterocycles. The molecule has 9 rings (SSSR count). The third-order valence-electron chi connectivity index (χ3n) is 8.75. The first-order valence-electron chi connectivity index (χ1n) is 14.4. The van der Waals surface area contributed by atoms with Crippen molar-refractivity contribution in [3.63, 3.8) is 0 Å². The Morgan fingerprint density at radius 3 is 1.91 bits per heavy atom. The summed E-state index contributed by atoms with van der Waals surface area (Å²) in [6, 6.07) is 42.3. The molecule has 6 aromatic carbocycles. The van der Waals surface area contributed by atoms with E-state index in [9.17, 15) is 10.5 Å². The minimum atomic E-state index is 0.568. The maximum absolute atomic E-state index is 9.63. The number of aromatic nitrogens is 2. The lowest BCUT2D eigenvalue weighted by molar-refractivity contribution is 0.669. The molecule has 0 N–H and O–H groups in total. The second kappa shape index (κ2) is 9.09. The molecule has 0 amide bonds. The highest BCUT2D eigenvalue weighted by atomic mass is 16.3. The molecule has 0 saturated carbocycles. The van der Waals surface area contributed by atoms with Crippen molar-refractivity contribution in [1.82, 2.24) is 9.13 Å². The van der Waals surface area contributed by atoms with Gasteiger partial charge in [0.2, 0.25) is 0 Å². The molecule has 0 unspecified atom stereocenters. The molecule has 206 valence electrons. The lowest BCUT2D eigenvalue weighted by atomic mass is 10.1. The first-order valence-corrected chi connectivity index (χ1v) is 14.4. The summed E-state index contributed by atoms with van der Waals surface area (Å²) in [5, 5.41) is 25.2. The quantitative estimate of drug-likeness (QED) is 0.193. The number of rotatable bonds is 2. The first kappa shape index (κ1) is 24.8. The Morgan fingerprint density at radius 2 is 1.20 bits per heavy atom. The molecular weight excluding hydrogens is 554 g/mol.